The number of hydrogen-bond donors (Lipinski definition) is 0. The van der Waals surface area contributed by atoms with Crippen LogP contribution in [0.3, 0.4) is 0 Å². The normalized spacial score (nSPS) is 11.0. The number of rotatable bonds is 4. The van der Waals surface area contributed by atoms with Crippen LogP contribution >= 0.6 is 27.7 Å². The molecule has 26 heavy (non-hydrogen) atoms. The monoisotopic (exact) mass is 424 g/mol. The summed E-state index contributed by atoms with van der Waals surface area (Å²) < 4.78 is 14.3. The molecule has 0 aliphatic carbocycles. The lowest BCUT2D eigenvalue weighted by atomic mass is 10.1. The SMILES string of the molecule is Fc1ccc(-c2nnc(SCc3ccc(Br)cc3)c3ccccc23)cc1. The van der Waals surface area contributed by atoms with Gasteiger partial charge < -0.3 is 0 Å². The smallest absolute Gasteiger partial charge is 0.127 e. The van der Waals surface area contributed by atoms with Gasteiger partial charge in [-0.15, -0.1) is 10.2 Å². The van der Waals surface area contributed by atoms with E-state index in [4.69, 9.17) is 0 Å². The molecule has 1 aromatic heterocycles. The van der Waals surface area contributed by atoms with Crippen molar-refractivity contribution in [1.82, 2.24) is 10.2 Å². The van der Waals surface area contributed by atoms with Crippen molar-refractivity contribution in [3.63, 3.8) is 0 Å². The van der Waals surface area contributed by atoms with Crippen molar-refractivity contribution in [2.45, 2.75) is 10.8 Å². The van der Waals surface area contributed by atoms with Gasteiger partial charge in [-0.25, -0.2) is 4.39 Å². The van der Waals surface area contributed by atoms with Crippen LogP contribution in [0.1, 0.15) is 5.56 Å². The molecule has 1 heterocycles. The van der Waals surface area contributed by atoms with E-state index in [1.54, 1.807) is 23.9 Å². The average Bonchev–Trinajstić information content (AvgIpc) is 2.68. The van der Waals surface area contributed by atoms with Gasteiger partial charge >= 0.3 is 0 Å². The van der Waals surface area contributed by atoms with Gasteiger partial charge in [-0.05, 0) is 42.0 Å². The highest BCUT2D eigenvalue weighted by molar-refractivity contribution is 9.10. The molecule has 0 amide bonds. The zero-order chi connectivity index (χ0) is 17.9. The van der Waals surface area contributed by atoms with E-state index in [0.29, 0.717) is 0 Å². The highest BCUT2D eigenvalue weighted by Gasteiger charge is 2.11. The van der Waals surface area contributed by atoms with Crippen molar-refractivity contribution in [2.24, 2.45) is 0 Å². The molecule has 0 atom stereocenters. The third kappa shape index (κ3) is 3.64. The summed E-state index contributed by atoms with van der Waals surface area (Å²) in [5.41, 5.74) is 2.86. The lowest BCUT2D eigenvalue weighted by Gasteiger charge is -2.09. The molecule has 0 saturated heterocycles. The fourth-order valence-electron chi connectivity index (χ4n) is 2.74. The number of nitrogens with zero attached hydrogens (tertiary/aromatic N) is 2. The number of fused-ring (bicyclic) bond motifs is 1. The van der Waals surface area contributed by atoms with E-state index in [2.05, 4.69) is 44.3 Å². The zero-order valence-corrected chi connectivity index (χ0v) is 16.1. The van der Waals surface area contributed by atoms with Gasteiger partial charge in [0.2, 0.25) is 0 Å². The molecule has 4 aromatic rings. The van der Waals surface area contributed by atoms with Crippen molar-refractivity contribution in [1.29, 1.82) is 0 Å². The average molecular weight is 425 g/mol. The Kier molecular flexibility index (Phi) is 5.00. The largest absolute Gasteiger partial charge is 0.207 e. The van der Waals surface area contributed by atoms with Gasteiger partial charge in [0.1, 0.15) is 16.5 Å². The first-order valence-corrected chi connectivity index (χ1v) is 9.87. The Balaban J connectivity index is 1.69. The number of halogens is 2. The van der Waals surface area contributed by atoms with Crippen molar-refractivity contribution in [3.05, 3.63) is 88.6 Å². The quantitative estimate of drug-likeness (QED) is 0.350. The molecule has 128 valence electrons. The Morgan fingerprint density at radius 3 is 2.23 bits per heavy atom. The minimum Gasteiger partial charge on any atom is -0.207 e. The molecule has 2 nitrogen and oxygen atoms in total. The standard InChI is InChI=1S/C21H14BrFN2S/c22-16-9-5-14(6-10-16)13-26-21-19-4-2-1-3-18(19)20(24-25-21)15-7-11-17(23)12-8-15/h1-12H,13H2. The molecule has 0 radical (unpaired) electrons. The molecule has 0 aliphatic rings. The summed E-state index contributed by atoms with van der Waals surface area (Å²) in [6, 6.07) is 22.7. The first kappa shape index (κ1) is 17.2. The third-order valence-electron chi connectivity index (χ3n) is 4.06. The molecule has 0 spiro atoms. The van der Waals surface area contributed by atoms with Gasteiger partial charge in [0.05, 0.1) is 0 Å². The van der Waals surface area contributed by atoms with Crippen LogP contribution in [-0.2, 0) is 5.75 Å². The van der Waals surface area contributed by atoms with Crippen LogP contribution in [0.5, 0.6) is 0 Å². The Morgan fingerprint density at radius 2 is 1.50 bits per heavy atom. The Hall–Kier alpha value is -2.24. The molecule has 0 bridgehead atoms. The molecule has 0 saturated carbocycles. The summed E-state index contributed by atoms with van der Waals surface area (Å²) in [7, 11) is 0. The van der Waals surface area contributed by atoms with Gasteiger partial charge in [-0.1, -0.05) is 64.1 Å². The van der Waals surface area contributed by atoms with Crippen LogP contribution in [0.2, 0.25) is 0 Å². The van der Waals surface area contributed by atoms with Crippen molar-refractivity contribution in [3.8, 4) is 11.3 Å². The van der Waals surface area contributed by atoms with Crippen molar-refractivity contribution >= 4 is 38.5 Å². The molecule has 0 unspecified atom stereocenters. The van der Waals surface area contributed by atoms with E-state index in [9.17, 15) is 4.39 Å². The van der Waals surface area contributed by atoms with E-state index >= 15 is 0 Å². The molecule has 3 aromatic carbocycles. The number of thioether (sulfide) groups is 1. The van der Waals surface area contributed by atoms with Crippen LogP contribution in [0.25, 0.3) is 22.0 Å². The predicted octanol–water partition coefficient (Wildman–Crippen LogP) is 6.49. The molecule has 0 aliphatic heterocycles. The van der Waals surface area contributed by atoms with Crippen LogP contribution in [0.15, 0.2) is 82.3 Å². The van der Waals surface area contributed by atoms with Gasteiger partial charge in [0.25, 0.3) is 0 Å². The number of benzene rings is 3. The van der Waals surface area contributed by atoms with Gasteiger partial charge in [0.15, 0.2) is 0 Å². The number of aromatic nitrogens is 2. The van der Waals surface area contributed by atoms with Gasteiger partial charge in [-0.2, -0.15) is 0 Å². The molecular formula is C21H14BrFN2S. The Bertz CT molecular complexity index is 1050. The second-order valence-corrected chi connectivity index (χ2v) is 7.70. The summed E-state index contributed by atoms with van der Waals surface area (Å²) in [5, 5.41) is 11.9. The third-order valence-corrected chi connectivity index (χ3v) is 5.64. The maximum atomic E-state index is 13.2. The minimum absolute atomic E-state index is 0.257. The molecular weight excluding hydrogens is 411 g/mol. The summed E-state index contributed by atoms with van der Waals surface area (Å²) >= 11 is 5.12. The van der Waals surface area contributed by atoms with Crippen LogP contribution in [0.4, 0.5) is 4.39 Å². The molecule has 5 heteroatoms. The van der Waals surface area contributed by atoms with E-state index in [1.165, 1.54) is 17.7 Å². The maximum absolute atomic E-state index is 13.2. The van der Waals surface area contributed by atoms with Crippen LogP contribution in [-0.4, -0.2) is 10.2 Å². The van der Waals surface area contributed by atoms with E-state index in [1.807, 2.05) is 30.3 Å². The van der Waals surface area contributed by atoms with E-state index in [0.717, 1.165) is 37.3 Å². The fourth-order valence-corrected chi connectivity index (χ4v) is 3.93. The second-order valence-electron chi connectivity index (χ2n) is 5.82. The summed E-state index contributed by atoms with van der Waals surface area (Å²) in [4.78, 5) is 0. The highest BCUT2D eigenvalue weighted by Crippen LogP contribution is 2.33. The first-order valence-electron chi connectivity index (χ1n) is 8.09. The van der Waals surface area contributed by atoms with Crippen LogP contribution < -0.4 is 0 Å². The first-order chi connectivity index (χ1) is 12.7. The Labute approximate surface area is 163 Å². The topological polar surface area (TPSA) is 25.8 Å². The number of hydrogen-bond acceptors (Lipinski definition) is 3. The Morgan fingerprint density at radius 1 is 0.808 bits per heavy atom. The minimum atomic E-state index is -0.257. The maximum Gasteiger partial charge on any atom is 0.127 e. The van der Waals surface area contributed by atoms with Crippen molar-refractivity contribution < 1.29 is 4.39 Å². The summed E-state index contributed by atoms with van der Waals surface area (Å²) in [6.07, 6.45) is 0. The fraction of sp³-hybridized carbons (Fsp3) is 0.0476. The molecule has 4 rings (SSSR count). The lowest BCUT2D eigenvalue weighted by molar-refractivity contribution is 0.628. The zero-order valence-electron chi connectivity index (χ0n) is 13.7. The van der Waals surface area contributed by atoms with Gasteiger partial charge in [-0.3, -0.25) is 0 Å². The van der Waals surface area contributed by atoms with Gasteiger partial charge in [0, 0.05) is 26.6 Å². The summed E-state index contributed by atoms with van der Waals surface area (Å²) in [5.74, 6) is 0.565. The van der Waals surface area contributed by atoms with E-state index in [-0.39, 0.29) is 5.82 Å². The van der Waals surface area contributed by atoms with E-state index < -0.39 is 0 Å². The predicted molar refractivity (Wildman–Crippen MR) is 109 cm³/mol. The second kappa shape index (κ2) is 7.56. The van der Waals surface area contributed by atoms with Crippen molar-refractivity contribution in [2.75, 3.05) is 0 Å². The molecule has 0 fully saturated rings. The highest BCUT2D eigenvalue weighted by atomic mass is 79.9. The lowest BCUT2D eigenvalue weighted by Crippen LogP contribution is -1.94. The summed E-state index contributed by atoms with van der Waals surface area (Å²) in [6.45, 7) is 0. The molecule has 0 N–H and O–H groups in total. The van der Waals surface area contributed by atoms with Crippen LogP contribution in [0, 0.1) is 5.82 Å².